The van der Waals surface area contributed by atoms with Gasteiger partial charge in [-0.2, -0.15) is 0 Å². The Hall–Kier alpha value is -0.860. The monoisotopic (exact) mass is 488 g/mol. The zero-order valence-corrected chi connectivity index (χ0v) is 19.5. The standard InChI is InChI=1S/C21H36N4O.HI/c1-4-26-14-8-12-23-21(22-3)24-15-19-10-5-6-11-20(19)17-25-13-7-9-18(2)16-25;/h5-6,10-11,18H,4,7-9,12-17H2,1-3H3,(H2,22,23,24);1H. The van der Waals surface area contributed by atoms with Crippen LogP contribution in [-0.2, 0) is 17.8 Å². The molecule has 2 rings (SSSR count). The van der Waals surface area contributed by atoms with E-state index in [0.717, 1.165) is 51.1 Å². The van der Waals surface area contributed by atoms with Crippen molar-refractivity contribution in [2.75, 3.05) is 39.9 Å². The Bertz CT molecular complexity index is 553. The fourth-order valence-corrected chi connectivity index (χ4v) is 3.48. The normalized spacial score (nSPS) is 18.0. The van der Waals surface area contributed by atoms with Gasteiger partial charge in [0, 0.05) is 46.4 Å². The predicted octanol–water partition coefficient (Wildman–Crippen LogP) is 3.63. The van der Waals surface area contributed by atoms with E-state index in [1.165, 1.54) is 37.1 Å². The van der Waals surface area contributed by atoms with Gasteiger partial charge in [-0.1, -0.05) is 31.2 Å². The molecule has 0 radical (unpaired) electrons. The fourth-order valence-electron chi connectivity index (χ4n) is 3.48. The Morgan fingerprint density at radius 1 is 1.26 bits per heavy atom. The smallest absolute Gasteiger partial charge is 0.191 e. The van der Waals surface area contributed by atoms with Crippen molar-refractivity contribution in [1.29, 1.82) is 0 Å². The average molecular weight is 488 g/mol. The van der Waals surface area contributed by atoms with Crippen molar-refractivity contribution in [2.24, 2.45) is 10.9 Å². The van der Waals surface area contributed by atoms with Crippen LogP contribution >= 0.6 is 24.0 Å². The molecule has 0 bridgehead atoms. The van der Waals surface area contributed by atoms with Gasteiger partial charge in [-0.15, -0.1) is 24.0 Å². The SMILES string of the molecule is CCOCCCNC(=NC)NCc1ccccc1CN1CCCC(C)C1.I. The average Bonchev–Trinajstić information content (AvgIpc) is 2.65. The molecule has 1 fully saturated rings. The molecule has 1 aliphatic heterocycles. The molecule has 0 aromatic heterocycles. The summed E-state index contributed by atoms with van der Waals surface area (Å²) < 4.78 is 5.37. The van der Waals surface area contributed by atoms with E-state index in [1.807, 2.05) is 14.0 Å². The molecule has 0 amide bonds. The van der Waals surface area contributed by atoms with Crippen molar-refractivity contribution in [3.05, 3.63) is 35.4 Å². The number of hydrogen-bond donors (Lipinski definition) is 2. The number of hydrogen-bond acceptors (Lipinski definition) is 3. The van der Waals surface area contributed by atoms with E-state index in [2.05, 4.69) is 51.7 Å². The molecular formula is C21H37IN4O. The van der Waals surface area contributed by atoms with Crippen LogP contribution in [0.5, 0.6) is 0 Å². The van der Waals surface area contributed by atoms with Crippen LogP contribution in [0.1, 0.15) is 44.2 Å². The summed E-state index contributed by atoms with van der Waals surface area (Å²) >= 11 is 0. The highest BCUT2D eigenvalue weighted by molar-refractivity contribution is 14.0. The Labute approximate surface area is 182 Å². The lowest BCUT2D eigenvalue weighted by atomic mass is 9.99. The third kappa shape index (κ3) is 9.25. The molecule has 1 unspecified atom stereocenters. The van der Waals surface area contributed by atoms with Gasteiger partial charge in [0.25, 0.3) is 0 Å². The zero-order valence-electron chi connectivity index (χ0n) is 17.2. The predicted molar refractivity (Wildman–Crippen MR) is 125 cm³/mol. The maximum Gasteiger partial charge on any atom is 0.191 e. The number of ether oxygens (including phenoxy) is 1. The highest BCUT2D eigenvalue weighted by Gasteiger charge is 2.17. The van der Waals surface area contributed by atoms with Crippen LogP contribution in [0.2, 0.25) is 0 Å². The van der Waals surface area contributed by atoms with Crippen LogP contribution in [0.15, 0.2) is 29.3 Å². The largest absolute Gasteiger partial charge is 0.382 e. The summed E-state index contributed by atoms with van der Waals surface area (Å²) in [6.07, 6.45) is 3.67. The van der Waals surface area contributed by atoms with Crippen LogP contribution in [0.25, 0.3) is 0 Å². The van der Waals surface area contributed by atoms with Crippen LogP contribution < -0.4 is 10.6 Å². The van der Waals surface area contributed by atoms with Crippen molar-refractivity contribution < 1.29 is 4.74 Å². The molecule has 2 N–H and O–H groups in total. The van der Waals surface area contributed by atoms with Gasteiger partial charge in [0.1, 0.15) is 0 Å². The molecule has 1 aliphatic rings. The first-order valence-corrected chi connectivity index (χ1v) is 10.0. The first-order valence-electron chi connectivity index (χ1n) is 10.0. The lowest BCUT2D eigenvalue weighted by Crippen LogP contribution is -2.38. The summed E-state index contributed by atoms with van der Waals surface area (Å²) in [6, 6.07) is 8.75. The summed E-state index contributed by atoms with van der Waals surface area (Å²) in [5, 5.41) is 6.80. The Morgan fingerprint density at radius 2 is 2.04 bits per heavy atom. The van der Waals surface area contributed by atoms with Crippen molar-refractivity contribution in [3.8, 4) is 0 Å². The first kappa shape index (κ1) is 24.2. The van der Waals surface area contributed by atoms with Crippen LogP contribution in [-0.4, -0.2) is 50.8 Å². The molecule has 1 atom stereocenters. The molecule has 6 heteroatoms. The molecule has 1 aromatic rings. The van der Waals surface area contributed by atoms with E-state index >= 15 is 0 Å². The second-order valence-corrected chi connectivity index (χ2v) is 7.15. The highest BCUT2D eigenvalue weighted by atomic mass is 127. The number of halogens is 1. The van der Waals surface area contributed by atoms with Crippen molar-refractivity contribution in [1.82, 2.24) is 15.5 Å². The zero-order chi connectivity index (χ0) is 18.6. The summed E-state index contributed by atoms with van der Waals surface area (Å²) in [6.45, 7) is 11.1. The molecule has 0 saturated carbocycles. The second-order valence-electron chi connectivity index (χ2n) is 7.15. The van der Waals surface area contributed by atoms with Crippen LogP contribution in [0.4, 0.5) is 0 Å². The van der Waals surface area contributed by atoms with Gasteiger partial charge in [-0.25, -0.2) is 0 Å². The highest BCUT2D eigenvalue weighted by Crippen LogP contribution is 2.19. The number of nitrogens with one attached hydrogen (secondary N) is 2. The first-order chi connectivity index (χ1) is 12.7. The number of piperidine rings is 1. The summed E-state index contributed by atoms with van der Waals surface area (Å²) in [5.74, 6) is 1.66. The third-order valence-electron chi connectivity index (χ3n) is 4.89. The number of nitrogens with zero attached hydrogens (tertiary/aromatic N) is 2. The topological polar surface area (TPSA) is 48.9 Å². The van der Waals surface area contributed by atoms with Crippen molar-refractivity contribution in [2.45, 2.75) is 46.2 Å². The molecule has 1 saturated heterocycles. The number of likely N-dealkylation sites (tertiary alicyclic amines) is 1. The maximum atomic E-state index is 5.37. The minimum absolute atomic E-state index is 0. The van der Waals surface area contributed by atoms with Gasteiger partial charge in [0.15, 0.2) is 5.96 Å². The molecule has 154 valence electrons. The fraction of sp³-hybridized carbons (Fsp3) is 0.667. The Balaban J connectivity index is 0.00000364. The van der Waals surface area contributed by atoms with Gasteiger partial charge in [-0.05, 0) is 49.8 Å². The third-order valence-corrected chi connectivity index (χ3v) is 4.89. The quantitative estimate of drug-likeness (QED) is 0.241. The van der Waals surface area contributed by atoms with Gasteiger partial charge in [0.05, 0.1) is 0 Å². The maximum absolute atomic E-state index is 5.37. The van der Waals surface area contributed by atoms with E-state index in [4.69, 9.17) is 4.74 Å². The molecule has 0 aliphatic carbocycles. The van der Waals surface area contributed by atoms with Crippen LogP contribution in [0, 0.1) is 5.92 Å². The van der Waals surface area contributed by atoms with E-state index in [-0.39, 0.29) is 24.0 Å². The summed E-state index contributed by atoms with van der Waals surface area (Å²) in [5.41, 5.74) is 2.77. The number of rotatable bonds is 9. The molecule has 27 heavy (non-hydrogen) atoms. The van der Waals surface area contributed by atoms with E-state index in [9.17, 15) is 0 Å². The molecular weight excluding hydrogens is 451 g/mol. The Morgan fingerprint density at radius 3 is 2.74 bits per heavy atom. The molecule has 1 aromatic carbocycles. The lowest BCUT2D eigenvalue weighted by molar-refractivity contribution is 0.145. The van der Waals surface area contributed by atoms with E-state index in [0.29, 0.717) is 0 Å². The molecule has 5 nitrogen and oxygen atoms in total. The lowest BCUT2D eigenvalue weighted by Gasteiger charge is -2.31. The number of benzene rings is 1. The minimum Gasteiger partial charge on any atom is -0.382 e. The van der Waals surface area contributed by atoms with Gasteiger partial charge in [-0.3, -0.25) is 9.89 Å². The van der Waals surface area contributed by atoms with E-state index in [1.54, 1.807) is 0 Å². The number of guanidine groups is 1. The van der Waals surface area contributed by atoms with Gasteiger partial charge < -0.3 is 15.4 Å². The summed E-state index contributed by atoms with van der Waals surface area (Å²) in [4.78, 5) is 6.91. The molecule has 0 spiro atoms. The van der Waals surface area contributed by atoms with Gasteiger partial charge in [0.2, 0.25) is 0 Å². The van der Waals surface area contributed by atoms with Crippen LogP contribution in [0.3, 0.4) is 0 Å². The van der Waals surface area contributed by atoms with Gasteiger partial charge >= 0.3 is 0 Å². The Kier molecular flexibility index (Phi) is 12.7. The minimum atomic E-state index is 0. The van der Waals surface area contributed by atoms with E-state index < -0.39 is 0 Å². The van der Waals surface area contributed by atoms with Crippen molar-refractivity contribution >= 4 is 29.9 Å². The summed E-state index contributed by atoms with van der Waals surface area (Å²) in [7, 11) is 1.82. The molecule has 1 heterocycles. The number of aliphatic imine (C=N–C) groups is 1. The van der Waals surface area contributed by atoms with Crippen molar-refractivity contribution in [3.63, 3.8) is 0 Å². The second kappa shape index (κ2) is 14.2.